The molecule has 0 radical (unpaired) electrons. The number of nitrogens with two attached hydrogens (primary N) is 1. The molecule has 0 spiro atoms. The van der Waals surface area contributed by atoms with Gasteiger partial charge in [-0.3, -0.25) is 9.69 Å². The van der Waals surface area contributed by atoms with Crippen LogP contribution in [0.25, 0.3) is 0 Å². The summed E-state index contributed by atoms with van der Waals surface area (Å²) in [6.45, 7) is 0.489. The van der Waals surface area contributed by atoms with Crippen molar-refractivity contribution in [1.82, 2.24) is 15.1 Å². The average Bonchev–Trinajstić information content (AvgIpc) is 3.30. The van der Waals surface area contributed by atoms with E-state index in [9.17, 15) is 24.3 Å². The maximum Gasteiger partial charge on any atom is 1.00 e. The Bertz CT molecular complexity index is 911. The van der Waals surface area contributed by atoms with E-state index in [4.69, 9.17) is 10.5 Å². The van der Waals surface area contributed by atoms with Crippen LogP contribution in [0.3, 0.4) is 0 Å². The summed E-state index contributed by atoms with van der Waals surface area (Å²) in [6, 6.07) is 2.58. The molecule has 1 aromatic heterocycles. The molecule has 156 valence electrons. The molecule has 12 heteroatoms. The van der Waals surface area contributed by atoms with Gasteiger partial charge in [0.25, 0.3) is 5.91 Å². The molecule has 4 heterocycles. The van der Waals surface area contributed by atoms with E-state index in [-0.39, 0.29) is 61.3 Å². The summed E-state index contributed by atoms with van der Waals surface area (Å²) < 4.78 is 4.76. The zero-order valence-corrected chi connectivity index (χ0v) is 19.2. The van der Waals surface area contributed by atoms with Gasteiger partial charge >= 0.3 is 47.7 Å². The number of ether oxygens (including phenoxy) is 1. The largest absolute Gasteiger partial charge is 1.00 e. The van der Waals surface area contributed by atoms with Gasteiger partial charge in [-0.2, -0.15) is 0 Å². The standard InChI is InChI=1S/C18H20N4O6S.Na.H/c19-17(26)28-8-10-6-9-7-21(18(27)20-4-3-11-2-1-5-29-11)14-12(9)22(15(14)23)13(10)16(24)25;;/h1-2,5,9,12,14H,3-4,6-8H2,(H2,19,26)(H,20,27)(H,24,25);;/q;+1;-1/t9-,12-,14+;;/m1../s1. The van der Waals surface area contributed by atoms with Crippen LogP contribution in [0.4, 0.5) is 9.59 Å². The fraction of sp³-hybridized carbons (Fsp3) is 0.444. The molecule has 2 saturated heterocycles. The minimum Gasteiger partial charge on any atom is -1.00 e. The van der Waals surface area contributed by atoms with Crippen molar-refractivity contribution >= 4 is 35.3 Å². The van der Waals surface area contributed by atoms with Gasteiger partial charge in [-0.25, -0.2) is 14.4 Å². The third-order valence-electron chi connectivity index (χ3n) is 5.53. The Balaban J connectivity index is 0.00000171. The maximum absolute atomic E-state index is 12.7. The van der Waals surface area contributed by atoms with E-state index in [2.05, 4.69) is 5.32 Å². The van der Waals surface area contributed by atoms with Gasteiger partial charge in [0.1, 0.15) is 18.3 Å². The van der Waals surface area contributed by atoms with Gasteiger partial charge in [0, 0.05) is 23.9 Å². The van der Waals surface area contributed by atoms with Crippen molar-refractivity contribution < 1.29 is 60.0 Å². The molecule has 2 fully saturated rings. The van der Waals surface area contributed by atoms with Crippen LogP contribution in [0.2, 0.25) is 0 Å². The number of nitrogens with zero attached hydrogens (tertiary/aromatic N) is 2. The van der Waals surface area contributed by atoms with Crippen LogP contribution in [-0.2, 0) is 20.7 Å². The number of primary amides is 1. The first kappa shape index (κ1) is 22.6. The van der Waals surface area contributed by atoms with E-state index < -0.39 is 24.0 Å². The normalized spacial score (nSPS) is 24.0. The van der Waals surface area contributed by atoms with Crippen LogP contribution in [0, 0.1) is 5.92 Å². The minimum atomic E-state index is -1.27. The molecule has 0 aliphatic carbocycles. The number of carbonyl (C=O) groups excluding carboxylic acids is 3. The Kier molecular flexibility index (Phi) is 6.75. The smallest absolute Gasteiger partial charge is 1.00 e. The molecule has 10 nitrogen and oxygen atoms in total. The van der Waals surface area contributed by atoms with Crippen molar-refractivity contribution in [3.8, 4) is 0 Å². The molecule has 0 aromatic carbocycles. The Morgan fingerprint density at radius 2 is 2.17 bits per heavy atom. The molecule has 4 rings (SSSR count). The molecule has 30 heavy (non-hydrogen) atoms. The van der Waals surface area contributed by atoms with Crippen molar-refractivity contribution in [3.05, 3.63) is 33.7 Å². The van der Waals surface area contributed by atoms with Gasteiger partial charge < -0.3 is 27.2 Å². The average molecular weight is 444 g/mol. The number of urea groups is 1. The van der Waals surface area contributed by atoms with Crippen molar-refractivity contribution in [3.63, 3.8) is 0 Å². The molecule has 0 bridgehead atoms. The van der Waals surface area contributed by atoms with E-state index in [1.165, 1.54) is 9.80 Å². The number of likely N-dealkylation sites (tertiary alicyclic amines) is 1. The van der Waals surface area contributed by atoms with Crippen LogP contribution < -0.4 is 40.6 Å². The summed E-state index contributed by atoms with van der Waals surface area (Å²) in [5.74, 6) is -1.81. The summed E-state index contributed by atoms with van der Waals surface area (Å²) in [5.41, 5.74) is 5.13. The van der Waals surface area contributed by atoms with Crippen molar-refractivity contribution in [2.75, 3.05) is 19.7 Å². The summed E-state index contributed by atoms with van der Waals surface area (Å²) in [7, 11) is 0. The Morgan fingerprint density at radius 3 is 2.80 bits per heavy atom. The number of nitrogens with one attached hydrogen (secondary N) is 1. The number of thiophene rings is 1. The third kappa shape index (κ3) is 3.94. The van der Waals surface area contributed by atoms with Crippen LogP contribution in [0.15, 0.2) is 28.8 Å². The first-order valence-corrected chi connectivity index (χ1v) is 10.0. The maximum atomic E-state index is 12.7. The number of hydrogen-bond donors (Lipinski definition) is 3. The molecule has 3 atom stereocenters. The van der Waals surface area contributed by atoms with Crippen molar-refractivity contribution in [1.29, 1.82) is 0 Å². The number of carboxylic acid groups (broad SMARTS) is 1. The van der Waals surface area contributed by atoms with E-state index in [1.54, 1.807) is 11.3 Å². The number of β-lactam (4-membered cyclic amide) rings is 1. The van der Waals surface area contributed by atoms with Gasteiger partial charge in [0.05, 0.1) is 6.04 Å². The zero-order chi connectivity index (χ0) is 20.7. The van der Waals surface area contributed by atoms with Crippen LogP contribution in [0.5, 0.6) is 0 Å². The van der Waals surface area contributed by atoms with E-state index in [0.717, 1.165) is 4.88 Å². The molecule has 4 N–H and O–H groups in total. The molecule has 1 aromatic rings. The minimum absolute atomic E-state index is 0. The summed E-state index contributed by atoms with van der Waals surface area (Å²) in [5, 5.41) is 14.4. The van der Waals surface area contributed by atoms with Crippen LogP contribution in [0.1, 0.15) is 12.7 Å². The molecule has 3 aliphatic rings. The monoisotopic (exact) mass is 444 g/mol. The number of aliphatic carboxylic acids is 1. The van der Waals surface area contributed by atoms with Gasteiger partial charge in [-0.05, 0) is 29.9 Å². The van der Waals surface area contributed by atoms with Gasteiger partial charge in [0.2, 0.25) is 0 Å². The predicted octanol–water partition coefficient (Wildman–Crippen LogP) is -2.53. The van der Waals surface area contributed by atoms with E-state index in [1.807, 2.05) is 17.5 Å². The number of hydrogen-bond acceptors (Lipinski definition) is 6. The van der Waals surface area contributed by atoms with Gasteiger partial charge in [0.15, 0.2) is 0 Å². The van der Waals surface area contributed by atoms with Crippen LogP contribution in [-0.4, -0.2) is 70.7 Å². The first-order chi connectivity index (χ1) is 13.9. The molecule has 3 aliphatic heterocycles. The quantitative estimate of drug-likeness (QED) is 0.326. The number of amides is 4. The number of carboxylic acids is 1. The Morgan fingerprint density at radius 1 is 1.40 bits per heavy atom. The second kappa shape index (κ2) is 8.96. The third-order valence-corrected chi connectivity index (χ3v) is 6.46. The second-order valence-corrected chi connectivity index (χ2v) is 8.22. The molecule has 0 saturated carbocycles. The number of carbonyl (C=O) groups is 4. The van der Waals surface area contributed by atoms with Crippen molar-refractivity contribution in [2.24, 2.45) is 11.7 Å². The summed E-state index contributed by atoms with van der Waals surface area (Å²) >= 11 is 1.61. The van der Waals surface area contributed by atoms with E-state index >= 15 is 0 Å². The first-order valence-electron chi connectivity index (χ1n) is 9.16. The molecule has 4 amide bonds. The van der Waals surface area contributed by atoms with E-state index in [0.29, 0.717) is 31.5 Å². The fourth-order valence-corrected chi connectivity index (χ4v) is 5.09. The number of rotatable bonds is 6. The molecule has 0 unspecified atom stereocenters. The second-order valence-electron chi connectivity index (χ2n) is 7.19. The Hall–Kier alpha value is -2.08. The topological polar surface area (TPSA) is 142 Å². The fourth-order valence-electron chi connectivity index (χ4n) is 4.38. The molecular weight excluding hydrogens is 423 g/mol. The summed E-state index contributed by atoms with van der Waals surface area (Å²) in [6.07, 6.45) is 0.00263. The zero-order valence-electron chi connectivity index (χ0n) is 17.4. The van der Waals surface area contributed by atoms with Crippen LogP contribution >= 0.6 is 11.3 Å². The van der Waals surface area contributed by atoms with Crippen molar-refractivity contribution in [2.45, 2.75) is 24.9 Å². The molecular formula is C18H21N4NaO6S. The summed E-state index contributed by atoms with van der Waals surface area (Å²) in [4.78, 5) is 51.9. The van der Waals surface area contributed by atoms with Gasteiger partial charge in [-0.1, -0.05) is 6.07 Å². The predicted molar refractivity (Wildman–Crippen MR) is 102 cm³/mol. The SMILES string of the molecule is NC(=O)OCC1=C(C(=O)O)N2C(=O)[C@@H]3[C@H]2[C@H](C1)CN3C(=O)NCCc1cccs1.[H-].[Na+]. The van der Waals surface area contributed by atoms with Gasteiger partial charge in [-0.15, -0.1) is 11.3 Å². The Labute approximate surface area is 199 Å².